The zero-order valence-corrected chi connectivity index (χ0v) is 28.0. The normalized spacial score (nSPS) is 18.3. The largest absolute Gasteiger partial charge is 0.481 e. The predicted molar refractivity (Wildman–Crippen MR) is 188 cm³/mol. The van der Waals surface area contributed by atoms with Gasteiger partial charge in [0.05, 0.1) is 33.8 Å². The maximum Gasteiger partial charge on any atom is 0.332 e. The third kappa shape index (κ3) is 5.52. The number of nitrogens with one attached hydrogen (secondary N) is 2. The van der Waals surface area contributed by atoms with Crippen LogP contribution < -0.4 is 0 Å². The van der Waals surface area contributed by atoms with Crippen LogP contribution >= 0.6 is 0 Å². The van der Waals surface area contributed by atoms with Gasteiger partial charge in [-0.1, -0.05) is 24.8 Å². The molecule has 3 aliphatic rings. The summed E-state index contributed by atoms with van der Waals surface area (Å²) >= 11 is 0. The number of aromatic amines is 2. The lowest BCUT2D eigenvalue weighted by Gasteiger charge is -2.35. The number of aromatic nitrogens is 4. The molecule has 0 saturated heterocycles. The molecule has 12 nitrogen and oxygen atoms in total. The van der Waals surface area contributed by atoms with Crippen LogP contribution in [0.15, 0.2) is 48.6 Å². The average molecular weight is 677 g/mol. The van der Waals surface area contributed by atoms with E-state index in [1.165, 1.54) is 6.08 Å². The zero-order valence-electron chi connectivity index (χ0n) is 28.0. The highest BCUT2D eigenvalue weighted by molar-refractivity contribution is 6.01. The Morgan fingerprint density at radius 2 is 1.42 bits per heavy atom. The number of hydrogen-bond donors (Lipinski definition) is 6. The van der Waals surface area contributed by atoms with Gasteiger partial charge in [-0.3, -0.25) is 19.4 Å². The predicted octanol–water partition coefficient (Wildman–Crippen LogP) is 6.45. The summed E-state index contributed by atoms with van der Waals surface area (Å²) in [5.41, 5.74) is 7.85. The lowest BCUT2D eigenvalue weighted by molar-refractivity contribution is -0.145. The van der Waals surface area contributed by atoms with Gasteiger partial charge in [0.15, 0.2) is 0 Å². The number of nitrogens with zero attached hydrogens (tertiary/aromatic N) is 2. The summed E-state index contributed by atoms with van der Waals surface area (Å²) < 4.78 is 0. The van der Waals surface area contributed by atoms with Gasteiger partial charge >= 0.3 is 23.9 Å². The topological polar surface area (TPSA) is 207 Å². The van der Waals surface area contributed by atoms with Crippen LogP contribution in [-0.4, -0.2) is 64.2 Å². The van der Waals surface area contributed by atoms with Gasteiger partial charge in [0.1, 0.15) is 5.92 Å². The van der Waals surface area contributed by atoms with Crippen molar-refractivity contribution in [1.82, 2.24) is 19.9 Å². The van der Waals surface area contributed by atoms with Crippen LogP contribution in [0.3, 0.4) is 0 Å². The van der Waals surface area contributed by atoms with Crippen LogP contribution in [0.4, 0.5) is 0 Å². The number of carboxylic acids is 4. The molecule has 0 saturated carbocycles. The van der Waals surface area contributed by atoms with E-state index in [-0.39, 0.29) is 31.3 Å². The van der Waals surface area contributed by atoms with Gasteiger partial charge in [-0.2, -0.15) is 0 Å². The number of rotatable bonds is 9. The van der Waals surface area contributed by atoms with E-state index in [1.54, 1.807) is 31.2 Å². The lowest BCUT2D eigenvalue weighted by atomic mass is 9.64. The molecule has 0 amide bonds. The van der Waals surface area contributed by atoms with Crippen LogP contribution in [0.1, 0.15) is 78.1 Å². The quantitative estimate of drug-likeness (QED) is 0.146. The van der Waals surface area contributed by atoms with Crippen molar-refractivity contribution < 1.29 is 39.6 Å². The lowest BCUT2D eigenvalue weighted by Crippen LogP contribution is -2.41. The summed E-state index contributed by atoms with van der Waals surface area (Å²) in [5.74, 6) is -6.02. The van der Waals surface area contributed by atoms with Crippen molar-refractivity contribution >= 4 is 68.7 Å². The number of carbonyl (C=O) groups is 4. The highest BCUT2D eigenvalue weighted by Crippen LogP contribution is 2.52. The standard InChI is InChI=1S/C38H36N4O8/c1-6-20-17(2)27-16-32-38(5)24(10-7-23(36(47)48)35(38)37(49)50)31(42-32)14-26-19(4)22(9-12-34(45)46)30(40-26)15-29-21(8-11-33(43)44)18(3)25(39-29)13-28(20)41-27/h6-7,10,13-16,35,40-41H,1,8-9,11-12H2,2-5H3,(H,43,44)(H,45,46)(H,47,48)(H,49,50). The van der Waals surface area contributed by atoms with Gasteiger partial charge in [0, 0.05) is 40.5 Å². The molecule has 0 radical (unpaired) electrons. The maximum absolute atomic E-state index is 12.9. The van der Waals surface area contributed by atoms with Crippen LogP contribution in [0.2, 0.25) is 0 Å². The highest BCUT2D eigenvalue weighted by atomic mass is 16.4. The molecule has 5 heterocycles. The van der Waals surface area contributed by atoms with Gasteiger partial charge in [-0.05, 0) is 98.2 Å². The van der Waals surface area contributed by atoms with Gasteiger partial charge in [0.25, 0.3) is 0 Å². The molecule has 8 bridgehead atoms. The van der Waals surface area contributed by atoms with E-state index in [1.807, 2.05) is 32.9 Å². The van der Waals surface area contributed by atoms with Gasteiger partial charge < -0.3 is 30.4 Å². The number of carboxylic acid groups (broad SMARTS) is 4. The van der Waals surface area contributed by atoms with E-state index in [0.717, 1.165) is 33.4 Å². The van der Waals surface area contributed by atoms with Crippen molar-refractivity contribution in [3.05, 3.63) is 93.6 Å². The van der Waals surface area contributed by atoms with Crippen LogP contribution in [0.25, 0.3) is 44.9 Å². The monoisotopic (exact) mass is 676 g/mol. The van der Waals surface area contributed by atoms with E-state index < -0.39 is 35.2 Å². The van der Waals surface area contributed by atoms with E-state index in [2.05, 4.69) is 16.5 Å². The fraction of sp³-hybridized carbons (Fsp3) is 0.263. The maximum atomic E-state index is 12.9. The molecule has 6 rings (SSSR count). The summed E-state index contributed by atoms with van der Waals surface area (Å²) in [7, 11) is 0. The summed E-state index contributed by atoms with van der Waals surface area (Å²) in [4.78, 5) is 65.2. The number of hydrogen-bond acceptors (Lipinski definition) is 6. The smallest absolute Gasteiger partial charge is 0.332 e. The number of aryl methyl sites for hydroxylation is 3. The zero-order chi connectivity index (χ0) is 36.2. The van der Waals surface area contributed by atoms with Crippen molar-refractivity contribution in [3.8, 4) is 0 Å². The van der Waals surface area contributed by atoms with Crippen LogP contribution in [0, 0.1) is 19.8 Å². The Kier molecular flexibility index (Phi) is 8.42. The second kappa shape index (κ2) is 12.4. The molecule has 0 spiro atoms. The van der Waals surface area contributed by atoms with E-state index in [4.69, 9.17) is 9.97 Å². The molecule has 2 atom stereocenters. The van der Waals surface area contributed by atoms with Crippen LogP contribution in [0.5, 0.6) is 0 Å². The first-order valence-electron chi connectivity index (χ1n) is 16.1. The molecule has 6 N–H and O–H groups in total. The minimum Gasteiger partial charge on any atom is -0.481 e. The Bertz CT molecular complexity index is 2320. The first kappa shape index (κ1) is 33.8. The fourth-order valence-corrected chi connectivity index (χ4v) is 7.38. The Balaban J connectivity index is 1.79. The summed E-state index contributed by atoms with van der Waals surface area (Å²) in [5, 5.41) is 39.6. The number of fused-ring (bicyclic) bond motifs is 11. The average Bonchev–Trinajstić information content (AvgIpc) is 3.69. The van der Waals surface area contributed by atoms with Gasteiger partial charge in [0.2, 0.25) is 0 Å². The molecule has 2 unspecified atom stereocenters. The molecular weight excluding hydrogens is 640 g/mol. The number of aliphatic carboxylic acids is 4. The Morgan fingerprint density at radius 1 is 0.800 bits per heavy atom. The molecule has 3 aromatic heterocycles. The van der Waals surface area contributed by atoms with E-state index in [9.17, 15) is 39.6 Å². The van der Waals surface area contributed by atoms with Crippen molar-refractivity contribution in [1.29, 1.82) is 0 Å². The SMILES string of the molecule is C=Cc1c(C)c2cc3nc(cc4[nH]c(cc5nc(cc1[nH]2)C(C)=C5CCC(=O)O)c(CCC(=O)O)c4C)C1=CC=C(C(=O)O)C(C(=O)O)C13C. The second-order valence-electron chi connectivity index (χ2n) is 13.0. The third-order valence-corrected chi connectivity index (χ3v) is 10.1. The highest BCUT2D eigenvalue weighted by Gasteiger charge is 2.53. The summed E-state index contributed by atoms with van der Waals surface area (Å²) in [6.45, 7) is 11.3. The Labute approximate surface area is 286 Å². The Hall–Kier alpha value is -6.04. The van der Waals surface area contributed by atoms with Gasteiger partial charge in [-0.25, -0.2) is 9.78 Å². The summed E-state index contributed by atoms with van der Waals surface area (Å²) in [6, 6.07) is 7.17. The first-order valence-corrected chi connectivity index (χ1v) is 16.1. The molecule has 50 heavy (non-hydrogen) atoms. The molecule has 12 heteroatoms. The Morgan fingerprint density at radius 3 is 2.06 bits per heavy atom. The van der Waals surface area contributed by atoms with Gasteiger partial charge in [-0.15, -0.1) is 0 Å². The molecule has 0 aromatic carbocycles. The van der Waals surface area contributed by atoms with E-state index >= 15 is 0 Å². The van der Waals surface area contributed by atoms with Crippen molar-refractivity contribution in [3.63, 3.8) is 0 Å². The molecule has 3 aromatic rings. The van der Waals surface area contributed by atoms with Crippen molar-refractivity contribution in [2.75, 3.05) is 0 Å². The van der Waals surface area contributed by atoms with E-state index in [0.29, 0.717) is 50.4 Å². The fourth-order valence-electron chi connectivity index (χ4n) is 7.38. The molecule has 0 fully saturated rings. The molecule has 2 aliphatic heterocycles. The molecule has 256 valence electrons. The summed E-state index contributed by atoms with van der Waals surface area (Å²) in [6.07, 6.45) is 4.78. The number of H-pyrrole nitrogens is 2. The van der Waals surface area contributed by atoms with Crippen molar-refractivity contribution in [2.24, 2.45) is 5.92 Å². The second-order valence-corrected chi connectivity index (χ2v) is 13.0. The minimum absolute atomic E-state index is 0.109. The first-order chi connectivity index (χ1) is 23.6. The molecule has 1 aliphatic carbocycles. The minimum atomic E-state index is -1.46. The van der Waals surface area contributed by atoms with Crippen LogP contribution in [-0.2, 0) is 31.0 Å². The number of allylic oxidation sites excluding steroid dienone is 5. The molecular formula is C38H36N4O8. The third-order valence-electron chi connectivity index (χ3n) is 10.1. The van der Waals surface area contributed by atoms with Crippen molar-refractivity contribution in [2.45, 2.75) is 58.8 Å².